The fourth-order valence-electron chi connectivity index (χ4n) is 1.49. The molecule has 1 aromatic rings. The van der Waals surface area contributed by atoms with Gasteiger partial charge in [-0.2, -0.15) is 0 Å². The molecule has 0 spiro atoms. The van der Waals surface area contributed by atoms with Crippen LogP contribution in [0.25, 0.3) is 0 Å². The van der Waals surface area contributed by atoms with E-state index in [1.54, 1.807) is 6.07 Å². The summed E-state index contributed by atoms with van der Waals surface area (Å²) in [6.07, 6.45) is 2.21. The number of rotatable bonds is 5. The van der Waals surface area contributed by atoms with Crippen LogP contribution in [0.1, 0.15) is 37.0 Å². The van der Waals surface area contributed by atoms with Crippen LogP contribution in [0.15, 0.2) is 24.3 Å². The van der Waals surface area contributed by atoms with E-state index in [4.69, 9.17) is 4.74 Å². The van der Waals surface area contributed by atoms with Gasteiger partial charge < -0.3 is 10.1 Å². The molecule has 1 aliphatic rings. The minimum absolute atomic E-state index is 0.00231. The summed E-state index contributed by atoms with van der Waals surface area (Å²) in [5.41, 5.74) is 0.679. The molecule has 0 aliphatic heterocycles. The van der Waals surface area contributed by atoms with E-state index in [-0.39, 0.29) is 5.91 Å². The van der Waals surface area contributed by atoms with Crippen LogP contribution in [0.5, 0.6) is 5.75 Å². The topological polar surface area (TPSA) is 38.3 Å². The van der Waals surface area contributed by atoms with E-state index in [0.717, 1.165) is 18.6 Å². The van der Waals surface area contributed by atoms with Crippen molar-refractivity contribution in [1.29, 1.82) is 0 Å². The van der Waals surface area contributed by atoms with Crippen LogP contribution in [-0.4, -0.2) is 18.6 Å². The predicted octanol–water partition coefficient (Wildman–Crippen LogP) is 2.61. The average Bonchev–Trinajstić information content (AvgIpc) is 3.10. The van der Waals surface area contributed by atoms with Gasteiger partial charge in [0.15, 0.2) is 0 Å². The standard InChI is InChI=1S/C14H19NO2/c1-10(2)9-17-13-5-3-4-11(8-13)14(16)15-12-6-7-12/h3-5,8,10,12H,6-7,9H2,1-2H3,(H,15,16). The molecule has 2 rings (SSSR count). The number of ether oxygens (including phenoxy) is 1. The highest BCUT2D eigenvalue weighted by molar-refractivity contribution is 5.94. The Kier molecular flexibility index (Phi) is 3.67. The van der Waals surface area contributed by atoms with Crippen molar-refractivity contribution >= 4 is 5.91 Å². The Morgan fingerprint density at radius 1 is 1.47 bits per heavy atom. The van der Waals surface area contributed by atoms with Crippen molar-refractivity contribution in [3.63, 3.8) is 0 Å². The molecular formula is C14H19NO2. The molecule has 1 aliphatic carbocycles. The smallest absolute Gasteiger partial charge is 0.251 e. The lowest BCUT2D eigenvalue weighted by atomic mass is 10.2. The molecule has 92 valence electrons. The third-order valence-corrected chi connectivity index (χ3v) is 2.59. The summed E-state index contributed by atoms with van der Waals surface area (Å²) in [7, 11) is 0. The maximum Gasteiger partial charge on any atom is 0.251 e. The van der Waals surface area contributed by atoms with Gasteiger partial charge in [0.2, 0.25) is 0 Å². The summed E-state index contributed by atoms with van der Waals surface area (Å²) >= 11 is 0. The third kappa shape index (κ3) is 3.77. The van der Waals surface area contributed by atoms with E-state index >= 15 is 0 Å². The van der Waals surface area contributed by atoms with Crippen LogP contribution in [0.4, 0.5) is 0 Å². The molecule has 0 unspecified atom stereocenters. The Balaban J connectivity index is 1.97. The van der Waals surface area contributed by atoms with E-state index in [0.29, 0.717) is 24.1 Å². The molecule has 1 fully saturated rings. The zero-order valence-electron chi connectivity index (χ0n) is 10.4. The number of carbonyl (C=O) groups excluding carboxylic acids is 1. The van der Waals surface area contributed by atoms with Gasteiger partial charge in [-0.05, 0) is 37.0 Å². The Bertz CT molecular complexity index is 397. The van der Waals surface area contributed by atoms with Crippen LogP contribution in [0.3, 0.4) is 0 Å². The van der Waals surface area contributed by atoms with Gasteiger partial charge >= 0.3 is 0 Å². The molecule has 0 atom stereocenters. The molecule has 1 N–H and O–H groups in total. The van der Waals surface area contributed by atoms with Crippen molar-refractivity contribution < 1.29 is 9.53 Å². The molecule has 0 saturated heterocycles. The quantitative estimate of drug-likeness (QED) is 0.849. The average molecular weight is 233 g/mol. The Labute approximate surface area is 102 Å². The number of hydrogen-bond donors (Lipinski definition) is 1. The number of carbonyl (C=O) groups is 1. The maximum atomic E-state index is 11.8. The van der Waals surface area contributed by atoms with Crippen LogP contribution < -0.4 is 10.1 Å². The van der Waals surface area contributed by atoms with Gasteiger partial charge in [-0.15, -0.1) is 0 Å². The molecule has 17 heavy (non-hydrogen) atoms. The second kappa shape index (κ2) is 5.21. The highest BCUT2D eigenvalue weighted by atomic mass is 16.5. The minimum Gasteiger partial charge on any atom is -0.493 e. The van der Waals surface area contributed by atoms with Crippen molar-refractivity contribution in [3.8, 4) is 5.75 Å². The summed E-state index contributed by atoms with van der Waals surface area (Å²) < 4.78 is 5.60. The number of hydrogen-bond acceptors (Lipinski definition) is 2. The van der Waals surface area contributed by atoms with Crippen molar-refractivity contribution in [2.24, 2.45) is 5.92 Å². The van der Waals surface area contributed by atoms with E-state index < -0.39 is 0 Å². The molecule has 1 saturated carbocycles. The zero-order chi connectivity index (χ0) is 12.3. The van der Waals surface area contributed by atoms with Crippen LogP contribution in [-0.2, 0) is 0 Å². The first-order valence-electron chi connectivity index (χ1n) is 6.19. The van der Waals surface area contributed by atoms with Crippen molar-refractivity contribution in [3.05, 3.63) is 29.8 Å². The van der Waals surface area contributed by atoms with Gasteiger partial charge in [0.1, 0.15) is 5.75 Å². The van der Waals surface area contributed by atoms with E-state index in [1.165, 1.54) is 0 Å². The summed E-state index contributed by atoms with van der Waals surface area (Å²) in [5, 5.41) is 2.97. The summed E-state index contributed by atoms with van der Waals surface area (Å²) in [6.45, 7) is 4.88. The maximum absolute atomic E-state index is 11.8. The zero-order valence-corrected chi connectivity index (χ0v) is 10.4. The van der Waals surface area contributed by atoms with Gasteiger partial charge in [0.25, 0.3) is 5.91 Å². The predicted molar refractivity (Wildman–Crippen MR) is 67.3 cm³/mol. The van der Waals surface area contributed by atoms with Gasteiger partial charge in [-0.1, -0.05) is 19.9 Å². The highest BCUT2D eigenvalue weighted by Gasteiger charge is 2.23. The number of benzene rings is 1. The van der Waals surface area contributed by atoms with Gasteiger partial charge in [-0.3, -0.25) is 4.79 Å². The molecule has 0 radical (unpaired) electrons. The molecule has 0 bridgehead atoms. The Hall–Kier alpha value is -1.51. The van der Waals surface area contributed by atoms with Gasteiger partial charge in [0, 0.05) is 11.6 Å². The first-order chi connectivity index (χ1) is 8.15. The summed E-state index contributed by atoms with van der Waals surface area (Å²) in [5.74, 6) is 1.25. The molecular weight excluding hydrogens is 214 g/mol. The van der Waals surface area contributed by atoms with Crippen molar-refractivity contribution in [2.45, 2.75) is 32.7 Å². The van der Waals surface area contributed by atoms with Crippen molar-refractivity contribution in [1.82, 2.24) is 5.32 Å². The van der Waals surface area contributed by atoms with Gasteiger partial charge in [-0.25, -0.2) is 0 Å². The summed E-state index contributed by atoms with van der Waals surface area (Å²) in [6, 6.07) is 7.76. The van der Waals surface area contributed by atoms with E-state index in [1.807, 2.05) is 18.2 Å². The molecule has 0 aromatic heterocycles. The SMILES string of the molecule is CC(C)COc1cccc(C(=O)NC2CC2)c1. The Morgan fingerprint density at radius 3 is 2.88 bits per heavy atom. The molecule has 3 heteroatoms. The largest absolute Gasteiger partial charge is 0.493 e. The Morgan fingerprint density at radius 2 is 2.24 bits per heavy atom. The lowest BCUT2D eigenvalue weighted by Gasteiger charge is -2.10. The monoisotopic (exact) mass is 233 g/mol. The van der Waals surface area contributed by atoms with E-state index in [2.05, 4.69) is 19.2 Å². The second-order valence-electron chi connectivity index (χ2n) is 4.98. The fourth-order valence-corrected chi connectivity index (χ4v) is 1.49. The normalized spacial score (nSPS) is 14.8. The molecule has 1 amide bonds. The number of nitrogens with one attached hydrogen (secondary N) is 1. The first kappa shape index (κ1) is 12.0. The molecule has 0 heterocycles. The molecule has 1 aromatic carbocycles. The third-order valence-electron chi connectivity index (χ3n) is 2.59. The van der Waals surface area contributed by atoms with Crippen LogP contribution in [0, 0.1) is 5.92 Å². The van der Waals surface area contributed by atoms with Crippen LogP contribution in [0.2, 0.25) is 0 Å². The highest BCUT2D eigenvalue weighted by Crippen LogP contribution is 2.20. The lowest BCUT2D eigenvalue weighted by Crippen LogP contribution is -2.25. The van der Waals surface area contributed by atoms with Gasteiger partial charge in [0.05, 0.1) is 6.61 Å². The van der Waals surface area contributed by atoms with Crippen LogP contribution >= 0.6 is 0 Å². The summed E-state index contributed by atoms with van der Waals surface area (Å²) in [4.78, 5) is 11.8. The van der Waals surface area contributed by atoms with Crippen molar-refractivity contribution in [2.75, 3.05) is 6.61 Å². The second-order valence-corrected chi connectivity index (χ2v) is 4.98. The first-order valence-corrected chi connectivity index (χ1v) is 6.19. The minimum atomic E-state index is 0.00231. The lowest BCUT2D eigenvalue weighted by molar-refractivity contribution is 0.0950. The molecule has 3 nitrogen and oxygen atoms in total. The number of amides is 1. The van der Waals surface area contributed by atoms with E-state index in [9.17, 15) is 4.79 Å². The fraction of sp³-hybridized carbons (Fsp3) is 0.500.